The lowest BCUT2D eigenvalue weighted by molar-refractivity contribution is -0.151. The van der Waals surface area contributed by atoms with Gasteiger partial charge in [-0.1, -0.05) is 62.7 Å². The molecule has 38 heavy (non-hydrogen) atoms. The van der Waals surface area contributed by atoms with Gasteiger partial charge in [0.1, 0.15) is 18.6 Å². The molecule has 0 heterocycles. The van der Waals surface area contributed by atoms with Crippen LogP contribution in [0.15, 0.2) is 48.5 Å². The van der Waals surface area contributed by atoms with Gasteiger partial charge >= 0.3 is 5.97 Å². The highest BCUT2D eigenvalue weighted by atomic mass is 35.5. The lowest BCUT2D eigenvalue weighted by Crippen LogP contribution is -2.57. The minimum Gasteiger partial charge on any atom is -0.480 e. The molecule has 0 spiro atoms. The average Bonchev–Trinajstić information content (AvgIpc) is 2.85. The van der Waals surface area contributed by atoms with Crippen LogP contribution < -0.4 is 21.8 Å². The van der Waals surface area contributed by atoms with Crippen LogP contribution in [0.2, 0.25) is 5.02 Å². The molecule has 2 aromatic rings. The first kappa shape index (κ1) is 30.0. The Kier molecular flexibility index (Phi) is 10.2. The minimum absolute atomic E-state index is 0.151. The van der Waals surface area contributed by atoms with Crippen molar-refractivity contribution in [1.82, 2.24) is 21.1 Å². The Morgan fingerprint density at radius 2 is 1.66 bits per heavy atom. The number of amides is 4. The summed E-state index contributed by atoms with van der Waals surface area (Å²) >= 11 is 6.01. The summed E-state index contributed by atoms with van der Waals surface area (Å²) < 4.78 is 13.0. The molecule has 0 aliphatic heterocycles. The number of nitrogen functional groups attached to an aromatic ring is 1. The van der Waals surface area contributed by atoms with Crippen molar-refractivity contribution < 1.29 is 33.5 Å². The number of carbonyl (C=O) groups is 5. The summed E-state index contributed by atoms with van der Waals surface area (Å²) in [6.45, 7) is 2.52. The minimum atomic E-state index is -1.55. The van der Waals surface area contributed by atoms with Crippen LogP contribution in [-0.4, -0.2) is 59.0 Å². The van der Waals surface area contributed by atoms with E-state index in [1.807, 2.05) is 0 Å². The normalized spacial score (nSPS) is 12.6. The second-order valence-corrected chi connectivity index (χ2v) is 9.75. The first-order valence-electron chi connectivity index (χ1n) is 11.3. The number of halogens is 2. The van der Waals surface area contributed by atoms with Crippen molar-refractivity contribution >= 4 is 46.9 Å². The number of nitrogens with two attached hydrogens (primary N) is 1. The van der Waals surface area contributed by atoms with Crippen molar-refractivity contribution in [3.8, 4) is 0 Å². The molecule has 0 saturated carbocycles. The van der Waals surface area contributed by atoms with Gasteiger partial charge in [0.2, 0.25) is 5.91 Å². The van der Waals surface area contributed by atoms with E-state index < -0.39 is 60.3 Å². The van der Waals surface area contributed by atoms with Gasteiger partial charge in [0, 0.05) is 5.56 Å². The second-order valence-electron chi connectivity index (χ2n) is 9.34. The Hall–Kier alpha value is -4.19. The van der Waals surface area contributed by atoms with E-state index in [4.69, 9.17) is 22.4 Å². The number of hydrogen-bond donors (Lipinski definition) is 5. The third-order valence-electron chi connectivity index (χ3n) is 5.30. The molecule has 13 heteroatoms. The van der Waals surface area contributed by atoms with E-state index in [2.05, 4.69) is 16.1 Å². The summed E-state index contributed by atoms with van der Waals surface area (Å²) in [4.78, 5) is 62.4. The molecule has 6 N–H and O–H groups in total. The SMILES string of the molecule is CC(C)(C)[C@H](NC(=O)c1ccc(N)c(Cl)c1)C(=O)N[C@@H](C(=O)NN(CC(=O)O)C(=O)CF)c1ccccc1. The molecule has 11 nitrogen and oxygen atoms in total. The highest BCUT2D eigenvalue weighted by Crippen LogP contribution is 2.24. The zero-order chi connectivity index (χ0) is 28.6. The molecule has 0 aliphatic carbocycles. The Morgan fingerprint density at radius 3 is 2.18 bits per heavy atom. The van der Waals surface area contributed by atoms with Gasteiger partial charge in [-0.05, 0) is 29.2 Å². The quantitative estimate of drug-likeness (QED) is 0.234. The van der Waals surface area contributed by atoms with Crippen LogP contribution in [0, 0.1) is 5.41 Å². The number of anilines is 1. The number of hydrogen-bond acceptors (Lipinski definition) is 6. The van der Waals surface area contributed by atoms with Gasteiger partial charge < -0.3 is 21.5 Å². The Labute approximate surface area is 223 Å². The number of aliphatic carboxylic acids is 1. The molecule has 0 fully saturated rings. The van der Waals surface area contributed by atoms with Gasteiger partial charge in [0.05, 0.1) is 10.7 Å². The number of carboxylic acids is 1. The van der Waals surface area contributed by atoms with Crippen LogP contribution in [0.4, 0.5) is 10.1 Å². The smallest absolute Gasteiger partial charge is 0.325 e. The molecule has 0 saturated heterocycles. The maximum atomic E-state index is 13.4. The summed E-state index contributed by atoms with van der Waals surface area (Å²) in [6.07, 6.45) is 0. The molecule has 0 aromatic heterocycles. The molecule has 2 atom stereocenters. The largest absolute Gasteiger partial charge is 0.480 e. The van der Waals surface area contributed by atoms with Crippen molar-refractivity contribution in [2.75, 3.05) is 19.0 Å². The molecule has 0 unspecified atom stereocenters. The van der Waals surface area contributed by atoms with Gasteiger partial charge in [-0.2, -0.15) is 0 Å². The number of nitrogens with one attached hydrogen (secondary N) is 3. The van der Waals surface area contributed by atoms with E-state index in [1.165, 1.54) is 30.3 Å². The summed E-state index contributed by atoms with van der Waals surface area (Å²) in [6, 6.07) is 9.53. The number of carbonyl (C=O) groups excluding carboxylic acids is 4. The molecule has 0 aliphatic rings. The Bertz CT molecular complexity index is 1200. The molecular weight excluding hydrogens is 521 g/mol. The lowest BCUT2D eigenvalue weighted by Gasteiger charge is -2.32. The van der Waals surface area contributed by atoms with E-state index in [1.54, 1.807) is 39.0 Å². The third-order valence-corrected chi connectivity index (χ3v) is 5.63. The van der Waals surface area contributed by atoms with Crippen molar-refractivity contribution in [2.45, 2.75) is 32.9 Å². The van der Waals surface area contributed by atoms with Crippen LogP contribution >= 0.6 is 11.6 Å². The Morgan fingerprint density at radius 1 is 1.03 bits per heavy atom. The summed E-state index contributed by atoms with van der Waals surface area (Å²) in [5, 5.41) is 14.7. The lowest BCUT2D eigenvalue weighted by atomic mass is 9.85. The fourth-order valence-corrected chi connectivity index (χ4v) is 3.51. The highest BCUT2D eigenvalue weighted by Gasteiger charge is 2.36. The van der Waals surface area contributed by atoms with Crippen molar-refractivity contribution in [2.24, 2.45) is 5.41 Å². The third kappa shape index (κ3) is 8.17. The highest BCUT2D eigenvalue weighted by molar-refractivity contribution is 6.33. The van der Waals surface area contributed by atoms with Crippen molar-refractivity contribution in [3.05, 3.63) is 64.7 Å². The predicted molar refractivity (Wildman–Crippen MR) is 137 cm³/mol. The molecule has 204 valence electrons. The summed E-state index contributed by atoms with van der Waals surface area (Å²) in [5.41, 5.74) is 7.61. The molecule has 4 amide bonds. The van der Waals surface area contributed by atoms with E-state index >= 15 is 0 Å². The van der Waals surface area contributed by atoms with Crippen molar-refractivity contribution in [3.63, 3.8) is 0 Å². The van der Waals surface area contributed by atoms with Crippen LogP contribution in [0.5, 0.6) is 0 Å². The topological polar surface area (TPSA) is 171 Å². The Balaban J connectivity index is 2.35. The van der Waals surface area contributed by atoms with E-state index in [0.717, 1.165) is 0 Å². The number of benzene rings is 2. The average molecular weight is 550 g/mol. The fourth-order valence-electron chi connectivity index (χ4n) is 3.32. The molecule has 2 rings (SSSR count). The molecular formula is C25H29ClFN5O6. The van der Waals surface area contributed by atoms with E-state index in [-0.39, 0.29) is 21.8 Å². The molecule has 0 radical (unpaired) electrons. The van der Waals surface area contributed by atoms with Crippen LogP contribution in [0.3, 0.4) is 0 Å². The van der Waals surface area contributed by atoms with Crippen LogP contribution in [-0.2, 0) is 19.2 Å². The summed E-state index contributed by atoms with van der Waals surface area (Å²) in [7, 11) is 0. The van der Waals surface area contributed by atoms with E-state index in [9.17, 15) is 28.4 Å². The number of carboxylic acid groups (broad SMARTS) is 1. The maximum absolute atomic E-state index is 13.4. The van der Waals surface area contributed by atoms with Gasteiger partial charge in [-0.15, -0.1) is 0 Å². The number of nitrogens with zero attached hydrogens (tertiary/aromatic N) is 1. The van der Waals surface area contributed by atoms with E-state index in [0.29, 0.717) is 5.01 Å². The summed E-state index contributed by atoms with van der Waals surface area (Å²) in [5.74, 6) is -5.16. The zero-order valence-electron chi connectivity index (χ0n) is 21.0. The maximum Gasteiger partial charge on any atom is 0.325 e. The van der Waals surface area contributed by atoms with Crippen LogP contribution in [0.25, 0.3) is 0 Å². The fraction of sp³-hybridized carbons (Fsp3) is 0.320. The first-order valence-corrected chi connectivity index (χ1v) is 11.7. The number of alkyl halides is 1. The standard InChI is InChI=1S/C25H29ClFN5O6/c1-25(2,3)21(30-22(36)15-9-10-17(28)16(26)11-15)24(38)29-20(14-7-5-4-6-8-14)23(37)31-32(13-19(34)35)18(33)12-27/h4-11,20-21H,12-13,28H2,1-3H3,(H,29,38)(H,30,36)(H,31,37)(H,34,35)/t20-,21-/m1/s1. The second kappa shape index (κ2) is 12.9. The van der Waals surface area contributed by atoms with Gasteiger partial charge in [-0.25, -0.2) is 9.40 Å². The number of rotatable bonds is 9. The van der Waals surface area contributed by atoms with Crippen molar-refractivity contribution in [1.29, 1.82) is 0 Å². The zero-order valence-corrected chi connectivity index (χ0v) is 21.7. The first-order chi connectivity index (χ1) is 17.7. The molecule has 0 bridgehead atoms. The molecule has 2 aromatic carbocycles. The van der Waals surface area contributed by atoms with Crippen LogP contribution in [0.1, 0.15) is 42.7 Å². The monoisotopic (exact) mass is 549 g/mol. The van der Waals surface area contributed by atoms with Gasteiger partial charge in [-0.3, -0.25) is 29.4 Å². The van der Waals surface area contributed by atoms with Gasteiger partial charge in [0.15, 0.2) is 6.67 Å². The predicted octanol–water partition coefficient (Wildman–Crippen LogP) is 1.84. The number of hydrazine groups is 1. The van der Waals surface area contributed by atoms with Gasteiger partial charge in [0.25, 0.3) is 17.7 Å².